The van der Waals surface area contributed by atoms with Gasteiger partial charge in [0.15, 0.2) is 0 Å². The number of methoxy groups -OCH3 is 2. The highest BCUT2D eigenvalue weighted by molar-refractivity contribution is 6.32. The van der Waals surface area contributed by atoms with Gasteiger partial charge in [-0.2, -0.15) is 0 Å². The van der Waals surface area contributed by atoms with Gasteiger partial charge in [-0.1, -0.05) is 12.1 Å². The van der Waals surface area contributed by atoms with Crippen LogP contribution in [0.1, 0.15) is 18.5 Å². The third-order valence-corrected chi connectivity index (χ3v) is 2.33. The standard InChI is InChI=1S/C12H15NO4/c1-8(13-11(14)12(15)17-3)9-4-6-10(16-2)7-5-9/h4-8H,1-3H3,(H,13,14). The number of rotatable bonds is 3. The molecular formula is C12H15NO4. The van der Waals surface area contributed by atoms with Crippen LogP contribution in [0.4, 0.5) is 0 Å². The largest absolute Gasteiger partial charge is 0.497 e. The molecule has 0 saturated heterocycles. The predicted molar refractivity (Wildman–Crippen MR) is 61.6 cm³/mol. The molecule has 0 radical (unpaired) electrons. The van der Waals surface area contributed by atoms with E-state index in [1.54, 1.807) is 26.2 Å². The van der Waals surface area contributed by atoms with Gasteiger partial charge in [-0.3, -0.25) is 4.79 Å². The van der Waals surface area contributed by atoms with E-state index in [9.17, 15) is 9.59 Å². The molecule has 1 rings (SSSR count). The Labute approximate surface area is 99.7 Å². The van der Waals surface area contributed by atoms with Gasteiger partial charge in [-0.25, -0.2) is 4.79 Å². The van der Waals surface area contributed by atoms with Crippen LogP contribution in [0, 0.1) is 0 Å². The first-order valence-electron chi connectivity index (χ1n) is 5.11. The molecule has 1 atom stereocenters. The number of carbonyl (C=O) groups is 2. The molecule has 1 N–H and O–H groups in total. The minimum absolute atomic E-state index is 0.271. The summed E-state index contributed by atoms with van der Waals surface area (Å²) in [6, 6.07) is 6.95. The predicted octanol–water partition coefficient (Wildman–Crippen LogP) is 1.05. The van der Waals surface area contributed by atoms with E-state index in [-0.39, 0.29) is 6.04 Å². The van der Waals surface area contributed by atoms with Crippen LogP contribution in [0.15, 0.2) is 24.3 Å². The Balaban J connectivity index is 2.66. The van der Waals surface area contributed by atoms with E-state index < -0.39 is 11.9 Å². The summed E-state index contributed by atoms with van der Waals surface area (Å²) in [6.07, 6.45) is 0. The second-order valence-corrected chi connectivity index (χ2v) is 3.46. The lowest BCUT2D eigenvalue weighted by Crippen LogP contribution is -2.33. The molecule has 0 aliphatic rings. The van der Waals surface area contributed by atoms with Gasteiger partial charge in [0.2, 0.25) is 0 Å². The SMILES string of the molecule is COC(=O)C(=O)NC(C)c1ccc(OC)cc1. The number of carbonyl (C=O) groups excluding carboxylic acids is 2. The summed E-state index contributed by atoms with van der Waals surface area (Å²) in [7, 11) is 2.75. The number of hydrogen-bond acceptors (Lipinski definition) is 4. The number of benzene rings is 1. The van der Waals surface area contributed by atoms with Gasteiger partial charge in [0, 0.05) is 0 Å². The molecule has 0 bridgehead atoms. The van der Waals surface area contributed by atoms with Gasteiger partial charge in [0.1, 0.15) is 5.75 Å². The fraction of sp³-hybridized carbons (Fsp3) is 0.333. The van der Waals surface area contributed by atoms with Crippen molar-refractivity contribution in [1.29, 1.82) is 0 Å². The van der Waals surface area contributed by atoms with Crippen molar-refractivity contribution in [3.63, 3.8) is 0 Å². The van der Waals surface area contributed by atoms with Crippen molar-refractivity contribution in [1.82, 2.24) is 5.32 Å². The summed E-state index contributed by atoms with van der Waals surface area (Å²) in [5.74, 6) is -0.915. The fourth-order valence-electron chi connectivity index (χ4n) is 1.32. The fourth-order valence-corrected chi connectivity index (χ4v) is 1.32. The zero-order valence-electron chi connectivity index (χ0n) is 10.0. The van der Waals surface area contributed by atoms with Crippen molar-refractivity contribution in [2.45, 2.75) is 13.0 Å². The number of hydrogen-bond donors (Lipinski definition) is 1. The quantitative estimate of drug-likeness (QED) is 0.630. The van der Waals surface area contributed by atoms with E-state index in [4.69, 9.17) is 4.74 Å². The summed E-state index contributed by atoms with van der Waals surface area (Å²) in [5.41, 5.74) is 0.878. The maximum Gasteiger partial charge on any atom is 0.396 e. The molecule has 0 aliphatic heterocycles. The molecule has 92 valence electrons. The summed E-state index contributed by atoms with van der Waals surface area (Å²) < 4.78 is 9.34. The third kappa shape index (κ3) is 3.48. The van der Waals surface area contributed by atoms with E-state index in [2.05, 4.69) is 10.1 Å². The van der Waals surface area contributed by atoms with E-state index in [1.165, 1.54) is 7.11 Å². The van der Waals surface area contributed by atoms with Crippen LogP contribution in [0.25, 0.3) is 0 Å². The van der Waals surface area contributed by atoms with Crippen molar-refractivity contribution in [3.8, 4) is 5.75 Å². The summed E-state index contributed by atoms with van der Waals surface area (Å²) in [5, 5.41) is 2.53. The lowest BCUT2D eigenvalue weighted by Gasteiger charge is -2.13. The number of esters is 1. The minimum Gasteiger partial charge on any atom is -0.497 e. The molecule has 5 nitrogen and oxygen atoms in total. The highest BCUT2D eigenvalue weighted by atomic mass is 16.5. The molecule has 1 unspecified atom stereocenters. The molecule has 1 amide bonds. The Kier molecular flexibility index (Phi) is 4.51. The molecule has 0 saturated carbocycles. The van der Waals surface area contributed by atoms with Crippen LogP contribution in [0.2, 0.25) is 0 Å². The third-order valence-electron chi connectivity index (χ3n) is 2.33. The average molecular weight is 237 g/mol. The van der Waals surface area contributed by atoms with E-state index in [0.29, 0.717) is 0 Å². The minimum atomic E-state index is -0.898. The Bertz CT molecular complexity index is 399. The van der Waals surface area contributed by atoms with E-state index >= 15 is 0 Å². The van der Waals surface area contributed by atoms with E-state index in [1.807, 2.05) is 12.1 Å². The molecule has 1 aromatic rings. The topological polar surface area (TPSA) is 64.6 Å². The first-order valence-corrected chi connectivity index (χ1v) is 5.11. The second kappa shape index (κ2) is 5.89. The maximum absolute atomic E-state index is 11.3. The Hall–Kier alpha value is -2.04. The zero-order valence-corrected chi connectivity index (χ0v) is 10.0. The Morgan fingerprint density at radius 1 is 1.18 bits per heavy atom. The van der Waals surface area contributed by atoms with Crippen molar-refractivity contribution in [3.05, 3.63) is 29.8 Å². The molecule has 17 heavy (non-hydrogen) atoms. The van der Waals surface area contributed by atoms with Crippen molar-refractivity contribution in [2.75, 3.05) is 14.2 Å². The molecular weight excluding hydrogens is 222 g/mol. The molecule has 0 aliphatic carbocycles. The van der Waals surface area contributed by atoms with E-state index in [0.717, 1.165) is 11.3 Å². The van der Waals surface area contributed by atoms with Crippen LogP contribution in [0.5, 0.6) is 5.75 Å². The second-order valence-electron chi connectivity index (χ2n) is 3.46. The van der Waals surface area contributed by atoms with Crippen LogP contribution < -0.4 is 10.1 Å². The molecule has 5 heteroatoms. The number of nitrogens with one attached hydrogen (secondary N) is 1. The van der Waals surface area contributed by atoms with Gasteiger partial charge in [0.25, 0.3) is 0 Å². The number of amides is 1. The maximum atomic E-state index is 11.3. The van der Waals surface area contributed by atoms with Crippen LogP contribution >= 0.6 is 0 Å². The van der Waals surface area contributed by atoms with Crippen molar-refractivity contribution < 1.29 is 19.1 Å². The number of ether oxygens (including phenoxy) is 2. The Morgan fingerprint density at radius 2 is 1.76 bits per heavy atom. The molecule has 0 heterocycles. The molecule has 0 aromatic heterocycles. The normalized spacial score (nSPS) is 11.5. The summed E-state index contributed by atoms with van der Waals surface area (Å²) in [6.45, 7) is 1.78. The van der Waals surface area contributed by atoms with Gasteiger partial charge in [-0.05, 0) is 24.6 Å². The smallest absolute Gasteiger partial charge is 0.396 e. The van der Waals surface area contributed by atoms with Gasteiger partial charge in [0.05, 0.1) is 20.3 Å². The average Bonchev–Trinajstić information content (AvgIpc) is 2.37. The van der Waals surface area contributed by atoms with Gasteiger partial charge >= 0.3 is 11.9 Å². The zero-order chi connectivity index (χ0) is 12.8. The van der Waals surface area contributed by atoms with Crippen molar-refractivity contribution in [2.24, 2.45) is 0 Å². The van der Waals surface area contributed by atoms with Crippen LogP contribution in [-0.2, 0) is 14.3 Å². The lowest BCUT2D eigenvalue weighted by atomic mass is 10.1. The first-order chi connectivity index (χ1) is 8.08. The van der Waals surface area contributed by atoms with Gasteiger partial charge < -0.3 is 14.8 Å². The molecule has 0 fully saturated rings. The Morgan fingerprint density at radius 3 is 2.24 bits per heavy atom. The van der Waals surface area contributed by atoms with Crippen molar-refractivity contribution >= 4 is 11.9 Å². The van der Waals surface area contributed by atoms with Crippen LogP contribution in [-0.4, -0.2) is 26.1 Å². The highest BCUT2D eigenvalue weighted by Gasteiger charge is 2.17. The lowest BCUT2D eigenvalue weighted by molar-refractivity contribution is -0.153. The summed E-state index contributed by atoms with van der Waals surface area (Å²) in [4.78, 5) is 22.2. The molecule has 1 aromatic carbocycles. The summed E-state index contributed by atoms with van der Waals surface area (Å²) >= 11 is 0. The van der Waals surface area contributed by atoms with Gasteiger partial charge in [-0.15, -0.1) is 0 Å². The van der Waals surface area contributed by atoms with Crippen LogP contribution in [0.3, 0.4) is 0 Å². The molecule has 0 spiro atoms. The monoisotopic (exact) mass is 237 g/mol. The first kappa shape index (κ1) is 13.0. The highest BCUT2D eigenvalue weighted by Crippen LogP contribution is 2.16.